The predicted molar refractivity (Wildman–Crippen MR) is 29.3 cm³/mol. The molecule has 0 aromatic carbocycles. The van der Waals surface area contributed by atoms with Gasteiger partial charge >= 0.3 is 0 Å². The smallest absolute Gasteiger partial charge is 0.236 e. The van der Waals surface area contributed by atoms with E-state index in [1.807, 2.05) is 0 Å². The Morgan fingerprint density at radius 1 is 2.00 bits per heavy atom. The summed E-state index contributed by atoms with van der Waals surface area (Å²) in [6.45, 7) is 0. The molecule has 0 bridgehead atoms. The largest absolute Gasteiger partial charge is 0.411 e. The van der Waals surface area contributed by atoms with Crippen molar-refractivity contribution in [3.05, 3.63) is 0 Å². The normalized spacial score (nSPS) is 9.50. The Labute approximate surface area is 48.2 Å². The molecule has 4 heteroatoms. The van der Waals surface area contributed by atoms with Gasteiger partial charge in [0.1, 0.15) is 6.21 Å². The lowest BCUT2D eigenvalue weighted by atomic mass is 10.9. The fourth-order valence-electron chi connectivity index (χ4n) is 0.0454. The van der Waals surface area contributed by atoms with E-state index in [-0.39, 0.29) is 3.79 Å². The third-order valence-corrected chi connectivity index (χ3v) is 0.438. The first-order valence-electron chi connectivity index (χ1n) is 1.14. The second-order valence-electron chi connectivity index (χ2n) is 0.549. The number of hydrogen-bond donors (Lipinski definition) is 1. The number of rotatable bonds is 1. The predicted octanol–water partition coefficient (Wildman–Crippen LogP) is 0.408. The highest BCUT2D eigenvalue weighted by Crippen LogP contribution is 1.76. The molecule has 0 aliphatic rings. The summed E-state index contributed by atoms with van der Waals surface area (Å²) in [6, 6.07) is 0. The Morgan fingerprint density at radius 2 is 2.50 bits per heavy atom. The Hall–Kier alpha value is -0.130. The molecule has 0 radical (unpaired) electrons. The van der Waals surface area contributed by atoms with Crippen molar-refractivity contribution in [3.63, 3.8) is 0 Å². The molecule has 0 rings (SSSR count). The van der Waals surface area contributed by atoms with Gasteiger partial charge in [0.15, 0.2) is 0 Å². The number of hydrogen-bond acceptors (Lipinski definition) is 3. The maximum Gasteiger partial charge on any atom is 0.236 e. The summed E-state index contributed by atoms with van der Waals surface area (Å²) in [7, 11) is 0. The molecule has 1 N–H and O–H groups in total. The summed E-state index contributed by atoms with van der Waals surface area (Å²) in [5.74, 6) is 0. The van der Waals surface area contributed by atoms with Crippen LogP contribution in [0.3, 0.4) is 0 Å². The Balaban J connectivity index is 3.30. The lowest BCUT2D eigenvalue weighted by Crippen LogP contribution is -1.81. The van der Waals surface area contributed by atoms with E-state index < -0.39 is 0 Å². The second kappa shape index (κ2) is 3.08. The van der Waals surface area contributed by atoms with Gasteiger partial charge in [-0.05, 0) is 0 Å². The minimum absolute atomic E-state index is 0.282. The van der Waals surface area contributed by atoms with Crippen LogP contribution in [0.4, 0.5) is 0 Å². The highest BCUT2D eigenvalue weighted by atomic mass is 127. The SMILES string of the molecule is O=C(I)/C=N/O. The number of oxime groups is 1. The monoisotopic (exact) mass is 199 g/mol. The van der Waals surface area contributed by atoms with Gasteiger partial charge in [-0.25, -0.2) is 0 Å². The topological polar surface area (TPSA) is 49.7 Å². The summed E-state index contributed by atoms with van der Waals surface area (Å²) >= 11 is 1.49. The van der Waals surface area contributed by atoms with Crippen LogP contribution in [0.2, 0.25) is 0 Å². The molecule has 0 atom stereocenters. The van der Waals surface area contributed by atoms with Gasteiger partial charge in [0.05, 0.1) is 0 Å². The van der Waals surface area contributed by atoms with Crippen molar-refractivity contribution in [1.82, 2.24) is 0 Å². The summed E-state index contributed by atoms with van der Waals surface area (Å²) in [4.78, 5) is 9.72. The van der Waals surface area contributed by atoms with Crippen LogP contribution in [0.5, 0.6) is 0 Å². The quantitative estimate of drug-likeness (QED) is 0.218. The molecule has 6 heavy (non-hydrogen) atoms. The van der Waals surface area contributed by atoms with Crippen molar-refractivity contribution in [1.29, 1.82) is 0 Å². The molecule has 0 heterocycles. The Bertz CT molecular complexity index is 79.6. The molecule has 0 spiro atoms. The van der Waals surface area contributed by atoms with Crippen molar-refractivity contribution in [3.8, 4) is 0 Å². The third-order valence-electron chi connectivity index (χ3n) is 0.159. The van der Waals surface area contributed by atoms with Gasteiger partial charge in [0.25, 0.3) is 0 Å². The van der Waals surface area contributed by atoms with Crippen LogP contribution in [0.1, 0.15) is 0 Å². The van der Waals surface area contributed by atoms with Gasteiger partial charge in [-0.1, -0.05) is 5.16 Å². The Kier molecular flexibility index (Phi) is 3.01. The van der Waals surface area contributed by atoms with E-state index in [1.165, 1.54) is 22.6 Å². The molecule has 0 fully saturated rings. The maximum absolute atomic E-state index is 9.72. The first kappa shape index (κ1) is 5.87. The molecule has 0 aromatic heterocycles. The van der Waals surface area contributed by atoms with Crippen LogP contribution in [0.25, 0.3) is 0 Å². The van der Waals surface area contributed by atoms with Crippen LogP contribution in [0.15, 0.2) is 5.16 Å². The van der Waals surface area contributed by atoms with Gasteiger partial charge in [-0.3, -0.25) is 4.79 Å². The summed E-state index contributed by atoms with van der Waals surface area (Å²) in [5.41, 5.74) is 0. The molecule has 0 saturated heterocycles. The molecule has 34 valence electrons. The number of nitrogens with zero attached hydrogens (tertiary/aromatic N) is 1. The van der Waals surface area contributed by atoms with Crippen molar-refractivity contribution in [2.75, 3.05) is 0 Å². The summed E-state index contributed by atoms with van der Waals surface area (Å²) < 4.78 is -0.282. The lowest BCUT2D eigenvalue weighted by Gasteiger charge is -1.65. The van der Waals surface area contributed by atoms with Crippen LogP contribution < -0.4 is 0 Å². The first-order chi connectivity index (χ1) is 2.77. The average molecular weight is 199 g/mol. The van der Waals surface area contributed by atoms with E-state index in [9.17, 15) is 4.79 Å². The molecule has 0 aliphatic carbocycles. The molecule has 0 saturated carbocycles. The van der Waals surface area contributed by atoms with E-state index in [0.29, 0.717) is 0 Å². The van der Waals surface area contributed by atoms with Gasteiger partial charge in [0, 0.05) is 22.6 Å². The van der Waals surface area contributed by atoms with Crippen LogP contribution >= 0.6 is 22.6 Å². The fourth-order valence-corrected chi connectivity index (χ4v) is 0.170. The first-order valence-corrected chi connectivity index (χ1v) is 2.22. The van der Waals surface area contributed by atoms with Crippen molar-refractivity contribution >= 4 is 32.6 Å². The number of halogens is 1. The van der Waals surface area contributed by atoms with Crippen LogP contribution in [0, 0.1) is 0 Å². The molecular weight excluding hydrogens is 197 g/mol. The van der Waals surface area contributed by atoms with E-state index >= 15 is 0 Å². The molecule has 0 amide bonds. The second-order valence-corrected chi connectivity index (χ2v) is 1.61. The zero-order valence-electron chi connectivity index (χ0n) is 2.76. The fraction of sp³-hybridized carbons (Fsp3) is 0. The van der Waals surface area contributed by atoms with Crippen LogP contribution in [-0.2, 0) is 4.79 Å². The highest BCUT2D eigenvalue weighted by molar-refractivity contribution is 14.1. The van der Waals surface area contributed by atoms with Crippen molar-refractivity contribution in [2.45, 2.75) is 0 Å². The van der Waals surface area contributed by atoms with Gasteiger partial charge in [0.2, 0.25) is 3.79 Å². The molecule has 3 nitrogen and oxygen atoms in total. The lowest BCUT2D eigenvalue weighted by molar-refractivity contribution is -0.103. The molecule has 0 unspecified atom stereocenters. The highest BCUT2D eigenvalue weighted by Gasteiger charge is 1.79. The zero-order valence-corrected chi connectivity index (χ0v) is 4.92. The summed E-state index contributed by atoms with van der Waals surface area (Å²) in [6.07, 6.45) is 0.820. The van der Waals surface area contributed by atoms with Gasteiger partial charge < -0.3 is 5.21 Å². The standard InChI is InChI=1S/C2H2INO2/c3-2(5)1-4-6/h1,6H/b4-1+. The van der Waals surface area contributed by atoms with Gasteiger partial charge in [-0.2, -0.15) is 0 Å². The van der Waals surface area contributed by atoms with E-state index in [1.54, 1.807) is 0 Å². The van der Waals surface area contributed by atoms with Crippen molar-refractivity contribution < 1.29 is 10.0 Å². The third kappa shape index (κ3) is 3.87. The number of carbonyl (C=O) groups excluding carboxylic acids is 1. The van der Waals surface area contributed by atoms with Gasteiger partial charge in [-0.15, -0.1) is 0 Å². The molecular formula is C2H2INO2. The summed E-state index contributed by atoms with van der Waals surface area (Å²) in [5, 5.41) is 10.0. The Morgan fingerprint density at radius 3 is 2.50 bits per heavy atom. The van der Waals surface area contributed by atoms with E-state index in [4.69, 9.17) is 5.21 Å². The maximum atomic E-state index is 9.72. The van der Waals surface area contributed by atoms with Crippen LogP contribution in [-0.4, -0.2) is 15.2 Å². The molecule has 0 aliphatic heterocycles. The average Bonchev–Trinajstić information content (AvgIpc) is 1.35. The zero-order chi connectivity index (χ0) is 4.99. The molecule has 0 aromatic rings. The number of carbonyl (C=O) groups is 1. The minimum atomic E-state index is -0.282. The minimum Gasteiger partial charge on any atom is -0.411 e. The van der Waals surface area contributed by atoms with Crippen molar-refractivity contribution in [2.24, 2.45) is 5.16 Å². The van der Waals surface area contributed by atoms with E-state index in [0.717, 1.165) is 6.21 Å². The van der Waals surface area contributed by atoms with E-state index in [2.05, 4.69) is 5.16 Å².